The summed E-state index contributed by atoms with van der Waals surface area (Å²) < 4.78 is 98.1. The Morgan fingerprint density at radius 3 is 1.71 bits per heavy atom. The van der Waals surface area contributed by atoms with E-state index in [9.17, 15) is 21.6 Å². The zero-order valence-corrected chi connectivity index (χ0v) is 37.3. The maximum absolute atomic E-state index is 14.0. The molecule has 0 fully saturated rings. The predicted octanol–water partition coefficient (Wildman–Crippen LogP) is 6.94. The van der Waals surface area contributed by atoms with Crippen molar-refractivity contribution in [2.24, 2.45) is 5.92 Å². The van der Waals surface area contributed by atoms with Crippen LogP contribution in [0.2, 0.25) is 13.3 Å². The van der Waals surface area contributed by atoms with E-state index in [1.165, 1.54) is 57.4 Å². The van der Waals surface area contributed by atoms with Gasteiger partial charge in [0.05, 0.1) is 0 Å². The first-order chi connectivity index (χ1) is 24.6. The Kier molecular flexibility index (Phi) is 20.9. The fourth-order valence-electron chi connectivity index (χ4n) is 5.51. The Bertz CT molecular complexity index is 1710. The first-order valence-corrected chi connectivity index (χ1v) is 30.3. The largest absolute Gasteiger partial charge is 0.741 e. The molecule has 0 N–H and O–H groups in total. The molecule has 1 unspecified atom stereocenters. The van der Waals surface area contributed by atoms with Crippen LogP contribution in [-0.4, -0.2) is 54.3 Å². The Hall–Kier alpha value is -1.64. The van der Waals surface area contributed by atoms with Crippen LogP contribution in [0.1, 0.15) is 83.3 Å². The summed E-state index contributed by atoms with van der Waals surface area (Å²) in [5.41, 5.74) is -3.25. The molecule has 0 radical (unpaired) electrons. The van der Waals surface area contributed by atoms with Gasteiger partial charge >= 0.3 is 292 Å². The first-order valence-electron chi connectivity index (χ1n) is 17.9. The zero-order chi connectivity index (χ0) is 38.7. The van der Waals surface area contributed by atoms with E-state index >= 15 is 0 Å². The number of nitrogens with zero attached hydrogens (tertiary/aromatic N) is 1. The molecule has 52 heavy (non-hydrogen) atoms. The monoisotopic (exact) mass is 983 g/mol. The fourth-order valence-corrected chi connectivity index (χ4v) is 24.0. The van der Waals surface area contributed by atoms with Crippen molar-refractivity contribution in [1.82, 2.24) is 2.52 Å². The van der Waals surface area contributed by atoms with Crippen LogP contribution in [0, 0.1) is 26.3 Å². The molecule has 0 spiro atoms. The molecule has 0 aliphatic carbocycles. The normalized spacial score (nSPS) is 12.8. The van der Waals surface area contributed by atoms with E-state index in [2.05, 4.69) is 73.1 Å². The van der Waals surface area contributed by atoms with Crippen LogP contribution < -0.4 is 21.5 Å². The molecule has 0 amide bonds. The number of halogens is 4. The minimum absolute atomic E-state index is 0.187. The molecule has 0 saturated carbocycles. The molecule has 13 heteroatoms. The van der Waals surface area contributed by atoms with Gasteiger partial charge < -0.3 is 4.55 Å². The molecule has 288 valence electrons. The van der Waals surface area contributed by atoms with E-state index in [-0.39, 0.29) is 5.92 Å². The standard InChI is InChI=1S/C26H26INO2S.3C4H9.CHF3O3S.Sn/c1-3-23(16-17-24-10-6-4-7-11-24)20-21-28(27-25-12-8-5-9-13-25)31(29,30)26-18-14-22(2)15-19-26;3*1-3-4-2;2-1(3,4)8(5,6)7;/h4-15,18-19,23H,16-17,20-21H2,2H3;3*1,3-4H2,2H3;(H,5,6,7);/q+1;;;;;/p-1. The van der Waals surface area contributed by atoms with Crippen molar-refractivity contribution in [3.05, 3.63) is 99.6 Å². The molecule has 0 aliphatic rings. The molecule has 0 aromatic heterocycles. The van der Waals surface area contributed by atoms with Crippen LogP contribution in [0.3, 0.4) is 0 Å². The summed E-state index contributed by atoms with van der Waals surface area (Å²) in [4.78, 5) is 0.388. The van der Waals surface area contributed by atoms with Crippen LogP contribution in [0.15, 0.2) is 89.8 Å². The predicted molar refractivity (Wildman–Crippen MR) is 202 cm³/mol. The van der Waals surface area contributed by atoms with Crippen molar-refractivity contribution in [1.29, 1.82) is 0 Å². The van der Waals surface area contributed by atoms with Crippen molar-refractivity contribution in [2.45, 2.75) is 109 Å². The fraction of sp³-hybridized carbons (Fsp3) is 0.487. The van der Waals surface area contributed by atoms with Crippen molar-refractivity contribution >= 4 is 38.5 Å². The van der Waals surface area contributed by atoms with Gasteiger partial charge in [-0.25, -0.2) is 8.42 Å². The molecule has 0 aliphatic heterocycles. The smallest absolute Gasteiger partial charge is 0.485 e. The quantitative estimate of drug-likeness (QED) is 0.0324. The molecular weight excluding hydrogens is 929 g/mol. The maximum Gasteiger partial charge on any atom is 0.485 e. The van der Waals surface area contributed by atoms with Gasteiger partial charge in [-0.15, -0.1) is 0 Å². The van der Waals surface area contributed by atoms with E-state index in [1.54, 1.807) is 14.7 Å². The van der Waals surface area contributed by atoms with Gasteiger partial charge in [0, 0.05) is 0 Å². The van der Waals surface area contributed by atoms with Crippen molar-refractivity contribution in [3.63, 3.8) is 0 Å². The topological polar surface area (TPSA) is 94.6 Å². The second-order valence-electron chi connectivity index (χ2n) is 13.0. The number of aryl methyl sites for hydroxylation is 2. The van der Waals surface area contributed by atoms with Crippen LogP contribution in [0.25, 0.3) is 0 Å². The van der Waals surface area contributed by atoms with Crippen LogP contribution in [-0.2, 0) is 26.6 Å². The summed E-state index contributed by atoms with van der Waals surface area (Å²) in [5, 5.41) is 0. The molecule has 3 aromatic rings. The van der Waals surface area contributed by atoms with Crippen molar-refractivity contribution in [3.8, 4) is 9.86 Å². The van der Waals surface area contributed by atoms with Crippen molar-refractivity contribution in [2.75, 3.05) is 6.54 Å². The molecule has 6 nitrogen and oxygen atoms in total. The Morgan fingerprint density at radius 2 is 1.25 bits per heavy atom. The van der Waals surface area contributed by atoms with Crippen molar-refractivity contribution < 1.29 is 56.0 Å². The Balaban J connectivity index is 0.00000104. The van der Waals surface area contributed by atoms with E-state index < -0.39 is 65.5 Å². The first kappa shape index (κ1) is 46.5. The second-order valence-corrected chi connectivity index (χ2v) is 32.1. The number of hydrogen-bond donors (Lipinski definition) is 0. The van der Waals surface area contributed by atoms with Gasteiger partial charge in [0.2, 0.25) is 0 Å². The van der Waals surface area contributed by atoms with Gasteiger partial charge in [-0.3, -0.25) is 0 Å². The number of alkyl halides is 3. The maximum atomic E-state index is 14.0. The molecule has 0 saturated heterocycles. The number of sulfonamides is 1. The summed E-state index contributed by atoms with van der Waals surface area (Å²) in [5.74, 6) is 4.10. The van der Waals surface area contributed by atoms with E-state index in [0.29, 0.717) is 11.4 Å². The van der Waals surface area contributed by atoms with Gasteiger partial charge in [-0.1, -0.05) is 0 Å². The number of rotatable bonds is 19. The SMILES string of the molecule is CCC[CH2][Sn]([C]#CC(CCc1ccccc1)CCN([I+]c1ccccc1)S(=O)(=O)c1ccc(C)cc1)([CH2]CCC)[CH2]CCC.O=S(=O)([O-])C(F)(F)F. The Labute approximate surface area is 325 Å². The molecule has 1 atom stereocenters. The van der Waals surface area contributed by atoms with Crippen LogP contribution in [0.4, 0.5) is 13.2 Å². The van der Waals surface area contributed by atoms with E-state index in [0.717, 1.165) is 28.4 Å². The summed E-state index contributed by atoms with van der Waals surface area (Å²) in [6.07, 6.45) is 10.3. The zero-order valence-electron chi connectivity index (χ0n) is 30.7. The van der Waals surface area contributed by atoms with Gasteiger partial charge in [-0.05, 0) is 0 Å². The van der Waals surface area contributed by atoms with Gasteiger partial charge in [0.1, 0.15) is 0 Å². The summed E-state index contributed by atoms with van der Waals surface area (Å²) >= 11 is -3.54. The third-order valence-corrected chi connectivity index (χ3v) is 28.2. The third-order valence-electron chi connectivity index (χ3n) is 8.63. The van der Waals surface area contributed by atoms with Crippen LogP contribution in [0.5, 0.6) is 0 Å². The van der Waals surface area contributed by atoms with Gasteiger partial charge in [-0.2, -0.15) is 13.2 Å². The van der Waals surface area contributed by atoms with Crippen LogP contribution >= 0.6 is 0 Å². The molecule has 0 bridgehead atoms. The average Bonchev–Trinajstić information content (AvgIpc) is 3.11. The number of benzene rings is 3. The third kappa shape index (κ3) is 16.8. The minimum atomic E-state index is -6.09. The molecule has 0 heterocycles. The summed E-state index contributed by atoms with van der Waals surface area (Å²) in [7, 11) is -9.70. The second kappa shape index (κ2) is 23.3. The van der Waals surface area contributed by atoms with E-state index in [1.807, 2.05) is 37.3 Å². The van der Waals surface area contributed by atoms with Gasteiger partial charge in [0.15, 0.2) is 10.1 Å². The van der Waals surface area contributed by atoms with E-state index in [4.69, 9.17) is 13.0 Å². The Morgan fingerprint density at radius 1 is 0.769 bits per heavy atom. The average molecular weight is 983 g/mol. The van der Waals surface area contributed by atoms with Gasteiger partial charge in [0.25, 0.3) is 0 Å². The summed E-state index contributed by atoms with van der Waals surface area (Å²) in [6.45, 7) is 9.43. The minimum Gasteiger partial charge on any atom is -0.741 e. The molecular formula is C39H53F3INO5S2Sn. The molecule has 3 aromatic carbocycles. The summed E-state index contributed by atoms with van der Waals surface area (Å²) in [6, 6.07) is 28.2. The number of unbranched alkanes of at least 4 members (excludes halogenated alkanes) is 3. The number of hydrogen-bond acceptors (Lipinski definition) is 5. The molecule has 3 rings (SSSR count).